The molecular weight excluding hydrogens is 440 g/mol. The highest BCUT2D eigenvalue weighted by Gasteiger charge is 2.17. The Kier molecular flexibility index (Phi) is 8.72. The van der Waals surface area contributed by atoms with Crippen molar-refractivity contribution in [3.05, 3.63) is 94.5 Å². The van der Waals surface area contributed by atoms with Crippen LogP contribution in [-0.2, 0) is 22.7 Å². The summed E-state index contributed by atoms with van der Waals surface area (Å²) in [7, 11) is 1.58. The van der Waals surface area contributed by atoms with Gasteiger partial charge in [-0.2, -0.15) is 0 Å². The molecule has 0 aliphatic rings. The molecule has 1 atom stereocenters. The number of carbonyl (C=O) groups excluding carboxylic acids is 2. The molecule has 7 heteroatoms. The molecule has 0 spiro atoms. The van der Waals surface area contributed by atoms with E-state index in [4.69, 9.17) is 21.1 Å². The second kappa shape index (κ2) is 11.9. The summed E-state index contributed by atoms with van der Waals surface area (Å²) in [4.78, 5) is 24.2. The van der Waals surface area contributed by atoms with Crippen LogP contribution in [-0.4, -0.2) is 18.9 Å². The first-order valence-corrected chi connectivity index (χ1v) is 11.0. The van der Waals surface area contributed by atoms with Crippen LogP contribution in [0.15, 0.2) is 72.8 Å². The summed E-state index contributed by atoms with van der Waals surface area (Å²) in [6, 6.07) is 22.1. The van der Waals surface area contributed by atoms with E-state index in [1.165, 1.54) is 6.92 Å². The van der Waals surface area contributed by atoms with Crippen LogP contribution in [0, 0.1) is 0 Å². The summed E-state index contributed by atoms with van der Waals surface area (Å²) in [5.74, 6) is 0.825. The fourth-order valence-electron chi connectivity index (χ4n) is 3.33. The number of amides is 2. The SMILES string of the molecule is COc1cc(CNC(=O)CC(NC(C)=O)c2ccc(Cl)cc2)ccc1OCc1ccccc1. The predicted molar refractivity (Wildman–Crippen MR) is 128 cm³/mol. The average molecular weight is 467 g/mol. The van der Waals surface area contributed by atoms with Gasteiger partial charge in [-0.05, 0) is 41.0 Å². The van der Waals surface area contributed by atoms with Gasteiger partial charge >= 0.3 is 0 Å². The van der Waals surface area contributed by atoms with Crippen molar-refractivity contribution < 1.29 is 19.1 Å². The molecule has 1 unspecified atom stereocenters. The Morgan fingerprint density at radius 1 is 0.939 bits per heavy atom. The van der Waals surface area contributed by atoms with E-state index in [0.717, 1.165) is 16.7 Å². The minimum atomic E-state index is -0.442. The quantitative estimate of drug-likeness (QED) is 0.449. The number of hydrogen-bond acceptors (Lipinski definition) is 4. The first-order chi connectivity index (χ1) is 15.9. The van der Waals surface area contributed by atoms with Crippen LogP contribution in [0.4, 0.5) is 0 Å². The van der Waals surface area contributed by atoms with Gasteiger partial charge in [-0.1, -0.05) is 60.1 Å². The number of carbonyl (C=O) groups is 2. The second-order valence-corrected chi connectivity index (χ2v) is 7.98. The molecule has 0 radical (unpaired) electrons. The maximum absolute atomic E-state index is 12.6. The highest BCUT2D eigenvalue weighted by Crippen LogP contribution is 2.29. The predicted octanol–water partition coefficient (Wildman–Crippen LogP) is 4.81. The Balaban J connectivity index is 1.59. The Morgan fingerprint density at radius 2 is 1.67 bits per heavy atom. The van der Waals surface area contributed by atoms with E-state index in [1.807, 2.05) is 48.5 Å². The molecule has 6 nitrogen and oxygen atoms in total. The molecule has 3 aromatic rings. The Labute approximate surface area is 198 Å². The van der Waals surface area contributed by atoms with E-state index in [9.17, 15) is 9.59 Å². The van der Waals surface area contributed by atoms with Gasteiger partial charge < -0.3 is 20.1 Å². The lowest BCUT2D eigenvalue weighted by Crippen LogP contribution is -2.32. The van der Waals surface area contributed by atoms with Gasteiger partial charge in [0.1, 0.15) is 6.61 Å². The molecule has 33 heavy (non-hydrogen) atoms. The third-order valence-corrected chi connectivity index (χ3v) is 5.25. The topological polar surface area (TPSA) is 76.7 Å². The van der Waals surface area contributed by atoms with Crippen LogP contribution in [0.5, 0.6) is 11.5 Å². The van der Waals surface area contributed by atoms with Crippen molar-refractivity contribution in [2.75, 3.05) is 7.11 Å². The third kappa shape index (κ3) is 7.54. The van der Waals surface area contributed by atoms with Gasteiger partial charge in [-0.25, -0.2) is 0 Å². The minimum absolute atomic E-state index is 0.108. The lowest BCUT2D eigenvalue weighted by Gasteiger charge is -2.18. The van der Waals surface area contributed by atoms with E-state index in [1.54, 1.807) is 31.4 Å². The van der Waals surface area contributed by atoms with E-state index in [2.05, 4.69) is 10.6 Å². The monoisotopic (exact) mass is 466 g/mol. The molecule has 0 saturated heterocycles. The molecular formula is C26H27ClN2O4. The van der Waals surface area contributed by atoms with Crippen LogP contribution in [0.1, 0.15) is 36.1 Å². The second-order valence-electron chi connectivity index (χ2n) is 7.54. The van der Waals surface area contributed by atoms with Crippen LogP contribution < -0.4 is 20.1 Å². The Hall–Kier alpha value is -3.51. The molecule has 0 saturated carbocycles. The molecule has 0 bridgehead atoms. The zero-order valence-electron chi connectivity index (χ0n) is 18.6. The van der Waals surface area contributed by atoms with Gasteiger partial charge in [0.15, 0.2) is 11.5 Å². The summed E-state index contributed by atoms with van der Waals surface area (Å²) in [6.45, 7) is 2.18. The highest BCUT2D eigenvalue weighted by molar-refractivity contribution is 6.30. The van der Waals surface area contributed by atoms with Gasteiger partial charge in [0, 0.05) is 18.5 Å². The fourth-order valence-corrected chi connectivity index (χ4v) is 3.45. The van der Waals surface area contributed by atoms with Crippen LogP contribution in [0.25, 0.3) is 0 Å². The molecule has 172 valence electrons. The summed E-state index contributed by atoms with van der Waals surface area (Å²) in [5, 5.41) is 6.31. The maximum Gasteiger partial charge on any atom is 0.222 e. The van der Waals surface area contributed by atoms with Crippen molar-refractivity contribution >= 4 is 23.4 Å². The van der Waals surface area contributed by atoms with Crippen LogP contribution in [0.3, 0.4) is 0 Å². The third-order valence-electron chi connectivity index (χ3n) is 4.99. The Bertz CT molecular complexity index is 1070. The number of benzene rings is 3. The molecule has 3 rings (SSSR count). The van der Waals surface area contributed by atoms with E-state index >= 15 is 0 Å². The van der Waals surface area contributed by atoms with Crippen molar-refractivity contribution in [3.63, 3.8) is 0 Å². The van der Waals surface area contributed by atoms with Crippen molar-refractivity contribution in [3.8, 4) is 11.5 Å². The van der Waals surface area contributed by atoms with Crippen LogP contribution >= 0.6 is 11.6 Å². The maximum atomic E-state index is 12.6. The number of methoxy groups -OCH3 is 1. The number of halogens is 1. The molecule has 0 aliphatic heterocycles. The van der Waals surface area contributed by atoms with Crippen molar-refractivity contribution in [1.29, 1.82) is 0 Å². The van der Waals surface area contributed by atoms with E-state index in [-0.39, 0.29) is 18.2 Å². The zero-order chi connectivity index (χ0) is 23.6. The molecule has 3 aromatic carbocycles. The lowest BCUT2D eigenvalue weighted by atomic mass is 10.0. The fraction of sp³-hybridized carbons (Fsp3) is 0.231. The Morgan fingerprint density at radius 3 is 2.33 bits per heavy atom. The number of hydrogen-bond donors (Lipinski definition) is 2. The molecule has 0 heterocycles. The molecule has 0 aromatic heterocycles. The summed E-state index contributed by atoms with van der Waals surface area (Å²) >= 11 is 5.95. The first kappa shape index (κ1) is 24.1. The van der Waals surface area contributed by atoms with Crippen molar-refractivity contribution in [2.24, 2.45) is 0 Å². The average Bonchev–Trinajstić information content (AvgIpc) is 2.82. The van der Waals surface area contributed by atoms with Gasteiger partial charge in [0.25, 0.3) is 0 Å². The number of nitrogens with one attached hydrogen (secondary N) is 2. The standard InChI is InChI=1S/C26H27ClN2O4/c1-18(30)29-23(21-9-11-22(27)12-10-21)15-26(31)28-16-20-8-13-24(25(14-20)32-2)33-17-19-6-4-3-5-7-19/h3-14,23H,15-17H2,1-2H3,(H,28,31)(H,29,30). The normalized spacial score (nSPS) is 11.4. The van der Waals surface area contributed by atoms with Gasteiger partial charge in [0.05, 0.1) is 19.6 Å². The van der Waals surface area contributed by atoms with E-state index in [0.29, 0.717) is 29.7 Å². The first-order valence-electron chi connectivity index (χ1n) is 10.6. The largest absolute Gasteiger partial charge is 0.493 e. The molecule has 0 fully saturated rings. The highest BCUT2D eigenvalue weighted by atomic mass is 35.5. The number of ether oxygens (including phenoxy) is 2. The lowest BCUT2D eigenvalue weighted by molar-refractivity contribution is -0.122. The summed E-state index contributed by atoms with van der Waals surface area (Å²) in [5.41, 5.74) is 2.74. The minimum Gasteiger partial charge on any atom is -0.493 e. The zero-order valence-corrected chi connectivity index (χ0v) is 19.4. The molecule has 2 amide bonds. The summed E-state index contributed by atoms with van der Waals surface area (Å²) < 4.78 is 11.3. The van der Waals surface area contributed by atoms with Gasteiger partial charge in [-0.3, -0.25) is 9.59 Å². The van der Waals surface area contributed by atoms with E-state index < -0.39 is 6.04 Å². The molecule has 0 aliphatic carbocycles. The van der Waals surface area contributed by atoms with Gasteiger partial charge in [-0.15, -0.1) is 0 Å². The number of rotatable bonds is 10. The molecule has 2 N–H and O–H groups in total. The summed E-state index contributed by atoms with van der Waals surface area (Å²) in [6.07, 6.45) is 0.108. The van der Waals surface area contributed by atoms with Gasteiger partial charge in [0.2, 0.25) is 11.8 Å². The van der Waals surface area contributed by atoms with Crippen LogP contribution in [0.2, 0.25) is 5.02 Å². The van der Waals surface area contributed by atoms with Crippen molar-refractivity contribution in [1.82, 2.24) is 10.6 Å². The smallest absolute Gasteiger partial charge is 0.222 e. The van der Waals surface area contributed by atoms with Crippen molar-refractivity contribution in [2.45, 2.75) is 32.5 Å².